The molecule has 0 spiro atoms. The average molecular weight is 473 g/mol. The molecule has 33 heavy (non-hydrogen) atoms. The van der Waals surface area contributed by atoms with Gasteiger partial charge in [0, 0.05) is 44.9 Å². The number of nitro benzene ring substituents is 1. The number of carbonyl (C=O) groups is 1. The fraction of sp³-hybridized carbons (Fsp3) is 0.348. The van der Waals surface area contributed by atoms with Crippen molar-refractivity contribution in [2.75, 3.05) is 49.8 Å². The average Bonchev–Trinajstić information content (AvgIpc) is 2.78. The lowest BCUT2D eigenvalue weighted by molar-refractivity contribution is -0.384. The summed E-state index contributed by atoms with van der Waals surface area (Å²) in [7, 11) is -3.82. The maximum atomic E-state index is 12.9. The third-order valence-electron chi connectivity index (χ3n) is 5.55. The van der Waals surface area contributed by atoms with Crippen LogP contribution in [-0.2, 0) is 14.8 Å². The van der Waals surface area contributed by atoms with Crippen LogP contribution < -0.4 is 4.31 Å². The number of hydrogen-bond acceptors (Lipinski definition) is 6. The minimum absolute atomic E-state index is 0.143. The summed E-state index contributed by atoms with van der Waals surface area (Å²) in [5, 5.41) is 11.1. The summed E-state index contributed by atoms with van der Waals surface area (Å²) in [6, 6.07) is 14.0. The number of hydrogen-bond donors (Lipinski definition) is 0. The van der Waals surface area contributed by atoms with Gasteiger partial charge in [0.15, 0.2) is 0 Å². The van der Waals surface area contributed by atoms with Crippen LogP contribution in [0.15, 0.2) is 54.6 Å². The highest BCUT2D eigenvalue weighted by Crippen LogP contribution is 2.27. The third kappa shape index (κ3) is 6.62. The minimum atomic E-state index is -3.82. The lowest BCUT2D eigenvalue weighted by Gasteiger charge is -2.35. The molecule has 1 heterocycles. The normalized spacial score (nSPS) is 15.0. The Labute approximate surface area is 194 Å². The SMILES string of the molecule is Cc1ccc([N+](=O)[O-])cc1N(CC(=O)N1CCN(C/C=C/c2ccccc2)CC1)S(C)(=O)=O. The molecule has 3 rings (SSSR count). The number of rotatable bonds is 8. The van der Waals surface area contributed by atoms with Crippen molar-refractivity contribution in [1.29, 1.82) is 0 Å². The highest BCUT2D eigenvalue weighted by molar-refractivity contribution is 7.92. The molecule has 1 aliphatic rings. The van der Waals surface area contributed by atoms with Crippen molar-refractivity contribution in [3.05, 3.63) is 75.8 Å². The molecule has 0 N–H and O–H groups in total. The van der Waals surface area contributed by atoms with E-state index in [4.69, 9.17) is 0 Å². The first-order valence-corrected chi connectivity index (χ1v) is 12.4. The van der Waals surface area contributed by atoms with E-state index < -0.39 is 21.5 Å². The molecule has 0 radical (unpaired) electrons. The summed E-state index contributed by atoms with van der Waals surface area (Å²) in [6.07, 6.45) is 5.14. The van der Waals surface area contributed by atoms with Gasteiger partial charge in [0.05, 0.1) is 16.9 Å². The zero-order chi connectivity index (χ0) is 24.0. The molecule has 1 amide bonds. The van der Waals surface area contributed by atoms with Gasteiger partial charge in [0.2, 0.25) is 15.9 Å². The van der Waals surface area contributed by atoms with Crippen molar-refractivity contribution < 1.29 is 18.1 Å². The molecule has 1 saturated heterocycles. The van der Waals surface area contributed by atoms with Gasteiger partial charge in [0.25, 0.3) is 5.69 Å². The number of aryl methyl sites for hydroxylation is 1. The van der Waals surface area contributed by atoms with Crippen LogP contribution in [-0.4, -0.2) is 74.6 Å². The van der Waals surface area contributed by atoms with Crippen LogP contribution in [0, 0.1) is 17.0 Å². The number of benzene rings is 2. The van der Waals surface area contributed by atoms with E-state index in [1.807, 2.05) is 30.3 Å². The van der Waals surface area contributed by atoms with Gasteiger partial charge in [-0.3, -0.25) is 24.1 Å². The number of nitro groups is 1. The van der Waals surface area contributed by atoms with Crippen molar-refractivity contribution in [2.45, 2.75) is 6.92 Å². The molecule has 1 aliphatic heterocycles. The molecule has 10 heteroatoms. The Hall–Kier alpha value is -3.24. The molecular weight excluding hydrogens is 444 g/mol. The van der Waals surface area contributed by atoms with Gasteiger partial charge in [-0.15, -0.1) is 0 Å². The Morgan fingerprint density at radius 3 is 2.39 bits per heavy atom. The van der Waals surface area contributed by atoms with Crippen LogP contribution in [0.2, 0.25) is 0 Å². The molecule has 0 aliphatic carbocycles. The highest BCUT2D eigenvalue weighted by Gasteiger charge is 2.28. The lowest BCUT2D eigenvalue weighted by atomic mass is 10.2. The number of piperazine rings is 1. The summed E-state index contributed by atoms with van der Waals surface area (Å²) in [4.78, 5) is 27.3. The Balaban J connectivity index is 1.62. The Kier molecular flexibility index (Phi) is 7.83. The molecule has 0 bridgehead atoms. The van der Waals surface area contributed by atoms with E-state index in [0.29, 0.717) is 31.7 Å². The first-order chi connectivity index (χ1) is 15.6. The predicted molar refractivity (Wildman–Crippen MR) is 129 cm³/mol. The summed E-state index contributed by atoms with van der Waals surface area (Å²) in [6.45, 7) is 4.36. The maximum absolute atomic E-state index is 12.9. The zero-order valence-corrected chi connectivity index (χ0v) is 19.6. The van der Waals surface area contributed by atoms with E-state index in [-0.39, 0.29) is 17.3 Å². The largest absolute Gasteiger partial charge is 0.339 e. The molecule has 2 aromatic carbocycles. The van der Waals surface area contributed by atoms with Crippen LogP contribution in [0.4, 0.5) is 11.4 Å². The molecule has 0 saturated carbocycles. The van der Waals surface area contributed by atoms with Crippen LogP contribution >= 0.6 is 0 Å². The quantitative estimate of drug-likeness (QED) is 0.432. The monoisotopic (exact) mass is 472 g/mol. The van der Waals surface area contributed by atoms with Gasteiger partial charge in [-0.25, -0.2) is 8.42 Å². The molecular formula is C23H28N4O5S. The Morgan fingerprint density at radius 1 is 1.12 bits per heavy atom. The lowest BCUT2D eigenvalue weighted by Crippen LogP contribution is -2.51. The van der Waals surface area contributed by atoms with Crippen LogP contribution in [0.1, 0.15) is 11.1 Å². The number of carbonyl (C=O) groups excluding carboxylic acids is 1. The number of sulfonamides is 1. The molecule has 176 valence electrons. The second-order valence-corrected chi connectivity index (χ2v) is 9.90. The second kappa shape index (κ2) is 10.6. The van der Waals surface area contributed by atoms with Crippen molar-refractivity contribution in [1.82, 2.24) is 9.80 Å². The summed E-state index contributed by atoms with van der Waals surface area (Å²) >= 11 is 0. The number of nitrogens with zero attached hydrogens (tertiary/aromatic N) is 4. The topological polar surface area (TPSA) is 104 Å². The molecule has 1 fully saturated rings. The minimum Gasteiger partial charge on any atom is -0.339 e. The van der Waals surface area contributed by atoms with Gasteiger partial charge >= 0.3 is 0 Å². The standard InChI is InChI=1S/C23H28N4O5S/c1-19-10-11-21(27(29)30)17-22(19)26(33(2,31)32)18-23(28)25-15-13-24(14-16-25)12-6-9-20-7-4-3-5-8-20/h3-11,17H,12-16,18H2,1-2H3/b9-6+. The van der Waals surface area contributed by atoms with E-state index in [9.17, 15) is 23.3 Å². The summed E-state index contributed by atoms with van der Waals surface area (Å²) < 4.78 is 25.8. The molecule has 0 aromatic heterocycles. The number of non-ortho nitro benzene ring substituents is 1. The van der Waals surface area contributed by atoms with Crippen molar-refractivity contribution in [3.63, 3.8) is 0 Å². The fourth-order valence-corrected chi connectivity index (χ4v) is 4.56. The van der Waals surface area contributed by atoms with E-state index in [1.54, 1.807) is 11.8 Å². The number of anilines is 1. The highest BCUT2D eigenvalue weighted by atomic mass is 32.2. The molecule has 9 nitrogen and oxygen atoms in total. The van der Waals surface area contributed by atoms with Gasteiger partial charge in [0.1, 0.15) is 6.54 Å². The van der Waals surface area contributed by atoms with Crippen molar-refractivity contribution in [2.24, 2.45) is 0 Å². The predicted octanol–water partition coefficient (Wildman–Crippen LogP) is 2.53. The van der Waals surface area contributed by atoms with E-state index in [1.165, 1.54) is 18.2 Å². The van der Waals surface area contributed by atoms with Crippen molar-refractivity contribution in [3.8, 4) is 0 Å². The smallest absolute Gasteiger partial charge is 0.271 e. The molecule has 2 aromatic rings. The van der Waals surface area contributed by atoms with E-state index in [0.717, 1.165) is 22.7 Å². The van der Waals surface area contributed by atoms with Crippen LogP contribution in [0.3, 0.4) is 0 Å². The van der Waals surface area contributed by atoms with Gasteiger partial charge in [-0.05, 0) is 18.1 Å². The van der Waals surface area contributed by atoms with Gasteiger partial charge < -0.3 is 4.90 Å². The maximum Gasteiger partial charge on any atom is 0.271 e. The summed E-state index contributed by atoms with van der Waals surface area (Å²) in [5.41, 5.74) is 1.58. The first-order valence-electron chi connectivity index (χ1n) is 10.6. The van der Waals surface area contributed by atoms with E-state index in [2.05, 4.69) is 17.1 Å². The van der Waals surface area contributed by atoms with Crippen LogP contribution in [0.5, 0.6) is 0 Å². The number of amides is 1. The van der Waals surface area contributed by atoms with Crippen LogP contribution in [0.25, 0.3) is 6.08 Å². The third-order valence-corrected chi connectivity index (χ3v) is 6.68. The fourth-order valence-electron chi connectivity index (χ4n) is 3.67. The van der Waals surface area contributed by atoms with Crippen molar-refractivity contribution >= 4 is 33.4 Å². The molecule has 0 unspecified atom stereocenters. The molecule has 0 atom stereocenters. The summed E-state index contributed by atoms with van der Waals surface area (Å²) in [5.74, 6) is -0.328. The Bertz CT molecular complexity index is 1130. The zero-order valence-electron chi connectivity index (χ0n) is 18.8. The first kappa shape index (κ1) is 24.4. The second-order valence-electron chi connectivity index (χ2n) is 7.99. The van der Waals surface area contributed by atoms with Gasteiger partial charge in [-0.1, -0.05) is 48.6 Å². The van der Waals surface area contributed by atoms with E-state index >= 15 is 0 Å². The van der Waals surface area contributed by atoms with Gasteiger partial charge in [-0.2, -0.15) is 0 Å². The Morgan fingerprint density at radius 2 is 1.79 bits per heavy atom.